The maximum Gasteiger partial charge on any atom is 0.166 e. The smallest absolute Gasteiger partial charge is 0.166 e. The van der Waals surface area contributed by atoms with Gasteiger partial charge in [0.2, 0.25) is 0 Å². The summed E-state index contributed by atoms with van der Waals surface area (Å²) >= 11 is 3.34. The number of ether oxygens (including phenoxy) is 1. The number of halogens is 1. The van der Waals surface area contributed by atoms with Gasteiger partial charge >= 0.3 is 0 Å². The zero-order valence-corrected chi connectivity index (χ0v) is 7.43. The van der Waals surface area contributed by atoms with Crippen molar-refractivity contribution >= 4 is 21.7 Å². The van der Waals surface area contributed by atoms with Gasteiger partial charge in [-0.25, -0.2) is 0 Å². The first-order valence-corrected chi connectivity index (χ1v) is 4.33. The molecule has 0 N–H and O–H groups in total. The molecule has 0 aromatic rings. The van der Waals surface area contributed by atoms with Crippen LogP contribution in [0.5, 0.6) is 0 Å². The minimum absolute atomic E-state index is 0.00521. The van der Waals surface area contributed by atoms with E-state index in [0.717, 1.165) is 16.7 Å². The van der Waals surface area contributed by atoms with E-state index in [1.165, 1.54) is 0 Å². The lowest BCUT2D eigenvalue weighted by atomic mass is 9.96. The zero-order valence-electron chi connectivity index (χ0n) is 5.84. The van der Waals surface area contributed by atoms with Gasteiger partial charge in [-0.15, -0.1) is 0 Å². The first-order chi connectivity index (χ1) is 5.29. The molecule has 0 aromatic carbocycles. The normalized spacial score (nSPS) is 28.8. The number of allylic oxidation sites excluding steroid dienone is 4. The molecule has 1 atom stereocenters. The molecule has 2 rings (SSSR count). The molecule has 1 aliphatic carbocycles. The number of fused-ring (bicyclic) bond motifs is 1. The van der Waals surface area contributed by atoms with E-state index in [-0.39, 0.29) is 11.7 Å². The Morgan fingerprint density at radius 3 is 3.09 bits per heavy atom. The van der Waals surface area contributed by atoms with Crippen LogP contribution in [-0.4, -0.2) is 12.4 Å². The third kappa shape index (κ3) is 1.03. The molecule has 11 heavy (non-hydrogen) atoms. The Morgan fingerprint density at radius 1 is 1.55 bits per heavy atom. The van der Waals surface area contributed by atoms with E-state index >= 15 is 0 Å². The van der Waals surface area contributed by atoms with Crippen molar-refractivity contribution < 1.29 is 9.53 Å². The molecule has 1 heterocycles. The fourth-order valence-corrected chi connectivity index (χ4v) is 1.90. The molecule has 0 saturated carbocycles. The van der Waals surface area contributed by atoms with Crippen LogP contribution in [0.4, 0.5) is 0 Å². The fourth-order valence-electron chi connectivity index (χ4n) is 1.38. The van der Waals surface area contributed by atoms with Gasteiger partial charge in [0.05, 0.1) is 17.0 Å². The third-order valence-electron chi connectivity index (χ3n) is 1.95. The van der Waals surface area contributed by atoms with Gasteiger partial charge in [0.15, 0.2) is 5.78 Å². The van der Waals surface area contributed by atoms with Crippen LogP contribution in [0.25, 0.3) is 0 Å². The molecule has 0 bridgehead atoms. The molecule has 1 aliphatic heterocycles. The van der Waals surface area contributed by atoms with Gasteiger partial charge in [-0.3, -0.25) is 4.79 Å². The summed E-state index contributed by atoms with van der Waals surface area (Å²) in [4.78, 5) is 11.2. The van der Waals surface area contributed by atoms with E-state index in [9.17, 15) is 4.79 Å². The second-order valence-electron chi connectivity index (χ2n) is 2.64. The fraction of sp³-hybridized carbons (Fsp3) is 0.375. The summed E-state index contributed by atoms with van der Waals surface area (Å²) in [6.07, 6.45) is 4.18. The Bertz CT molecular complexity index is 265. The number of hydrogen-bond donors (Lipinski definition) is 0. The van der Waals surface area contributed by atoms with E-state index in [4.69, 9.17) is 4.74 Å². The largest absolute Gasteiger partial charge is 0.496 e. The second-order valence-corrected chi connectivity index (χ2v) is 3.49. The van der Waals surface area contributed by atoms with Crippen LogP contribution < -0.4 is 0 Å². The van der Waals surface area contributed by atoms with Gasteiger partial charge in [0, 0.05) is 0 Å². The average molecular weight is 215 g/mol. The molecule has 0 radical (unpaired) electrons. The van der Waals surface area contributed by atoms with Crippen LogP contribution in [0.2, 0.25) is 0 Å². The van der Waals surface area contributed by atoms with E-state index in [2.05, 4.69) is 15.9 Å². The lowest BCUT2D eigenvalue weighted by Gasteiger charge is -2.11. The van der Waals surface area contributed by atoms with Crippen molar-refractivity contribution in [3.05, 3.63) is 22.4 Å². The molecule has 0 aromatic heterocycles. The summed E-state index contributed by atoms with van der Waals surface area (Å²) < 4.78 is 6.22. The summed E-state index contributed by atoms with van der Waals surface area (Å²) in [6, 6.07) is 0. The lowest BCUT2D eigenvalue weighted by molar-refractivity contribution is -0.117. The molecular weight excluding hydrogens is 208 g/mol. The van der Waals surface area contributed by atoms with Crippen molar-refractivity contribution in [1.82, 2.24) is 0 Å². The van der Waals surface area contributed by atoms with Gasteiger partial charge in [-0.2, -0.15) is 0 Å². The lowest BCUT2D eigenvalue weighted by Crippen LogP contribution is -2.13. The van der Waals surface area contributed by atoms with Crippen molar-refractivity contribution in [2.75, 3.05) is 6.61 Å². The van der Waals surface area contributed by atoms with E-state index in [0.29, 0.717) is 6.61 Å². The van der Waals surface area contributed by atoms with Crippen LogP contribution in [-0.2, 0) is 9.53 Å². The molecule has 1 unspecified atom stereocenters. The third-order valence-corrected chi connectivity index (χ3v) is 2.61. The van der Waals surface area contributed by atoms with E-state index < -0.39 is 0 Å². The molecule has 58 valence electrons. The second kappa shape index (κ2) is 2.48. The molecule has 2 nitrogen and oxygen atoms in total. The van der Waals surface area contributed by atoms with Gasteiger partial charge in [0.1, 0.15) is 5.76 Å². The summed E-state index contributed by atoms with van der Waals surface area (Å²) in [5.41, 5.74) is 0. The van der Waals surface area contributed by atoms with Crippen molar-refractivity contribution in [2.24, 2.45) is 5.92 Å². The molecule has 0 spiro atoms. The van der Waals surface area contributed by atoms with Crippen molar-refractivity contribution in [3.63, 3.8) is 0 Å². The molecule has 0 amide bonds. The number of carbonyl (C=O) groups excluding carboxylic acids is 1. The Balaban J connectivity index is 2.41. The van der Waals surface area contributed by atoms with Crippen LogP contribution in [0.15, 0.2) is 22.4 Å². The molecule has 3 heteroatoms. The van der Waals surface area contributed by atoms with E-state index in [1.54, 1.807) is 12.2 Å². The van der Waals surface area contributed by atoms with Crippen LogP contribution >= 0.6 is 15.9 Å². The van der Waals surface area contributed by atoms with Crippen LogP contribution in [0, 0.1) is 5.92 Å². The minimum atomic E-state index is -0.00521. The highest BCUT2D eigenvalue weighted by Gasteiger charge is 2.31. The van der Waals surface area contributed by atoms with Gasteiger partial charge in [-0.1, -0.05) is 0 Å². The molecule has 1 saturated heterocycles. The van der Waals surface area contributed by atoms with E-state index in [1.807, 2.05) is 0 Å². The first kappa shape index (κ1) is 7.10. The molecule has 1 fully saturated rings. The van der Waals surface area contributed by atoms with Gasteiger partial charge in [0.25, 0.3) is 0 Å². The summed E-state index contributed by atoms with van der Waals surface area (Å²) in [6.45, 7) is 0.669. The maximum atomic E-state index is 11.2. The highest BCUT2D eigenvalue weighted by atomic mass is 79.9. The summed E-state index contributed by atoms with van der Waals surface area (Å²) in [7, 11) is 0. The number of rotatable bonds is 0. The maximum absolute atomic E-state index is 11.2. The molecule has 2 aliphatic rings. The van der Waals surface area contributed by atoms with Gasteiger partial charge < -0.3 is 4.74 Å². The van der Waals surface area contributed by atoms with Crippen molar-refractivity contribution in [3.8, 4) is 0 Å². The Hall–Kier alpha value is -0.570. The number of ketones is 1. The summed E-state index contributed by atoms with van der Waals surface area (Å²) in [5.74, 6) is 0.979. The SMILES string of the molecule is O=C1C=CC(Br)=C2OCCC12. The highest BCUT2D eigenvalue weighted by Crippen LogP contribution is 2.34. The number of carbonyl (C=O) groups is 1. The number of hydrogen-bond acceptors (Lipinski definition) is 2. The van der Waals surface area contributed by atoms with Crippen molar-refractivity contribution in [2.45, 2.75) is 6.42 Å². The summed E-state index contributed by atoms with van der Waals surface area (Å²) in [5, 5.41) is 0. The quantitative estimate of drug-likeness (QED) is 0.615. The zero-order chi connectivity index (χ0) is 7.84. The van der Waals surface area contributed by atoms with Crippen LogP contribution in [0.1, 0.15) is 6.42 Å². The minimum Gasteiger partial charge on any atom is -0.496 e. The Kier molecular flexibility index (Phi) is 1.60. The predicted octanol–water partition coefficient (Wildman–Crippen LogP) is 1.77. The highest BCUT2D eigenvalue weighted by molar-refractivity contribution is 9.11. The van der Waals surface area contributed by atoms with Crippen LogP contribution in [0.3, 0.4) is 0 Å². The van der Waals surface area contributed by atoms with Crippen molar-refractivity contribution in [1.29, 1.82) is 0 Å². The Morgan fingerprint density at radius 2 is 2.36 bits per heavy atom. The predicted molar refractivity (Wildman–Crippen MR) is 44.2 cm³/mol. The molecular formula is C8H7BrO2. The van der Waals surface area contributed by atoms with Gasteiger partial charge in [-0.05, 0) is 34.5 Å². The Labute approximate surface area is 73.0 Å². The standard InChI is InChI=1S/C8H7BrO2/c9-6-1-2-7(10)5-3-4-11-8(5)6/h1-2,5H,3-4H2. The average Bonchev–Trinajstić information content (AvgIpc) is 2.45. The monoisotopic (exact) mass is 214 g/mol. The first-order valence-electron chi connectivity index (χ1n) is 3.53. The topological polar surface area (TPSA) is 26.3 Å².